The highest BCUT2D eigenvalue weighted by Crippen LogP contribution is 2.62. The molecule has 0 saturated heterocycles. The average molecular weight is 989 g/mol. The second-order valence-corrected chi connectivity index (χ2v) is 24.2. The third-order valence-electron chi connectivity index (χ3n) is 19.3. The number of hydrogen-bond donors (Lipinski definition) is 0. The molecule has 12 aromatic rings. The highest BCUT2D eigenvalue weighted by atomic mass is 16.3. The van der Waals surface area contributed by atoms with Crippen LogP contribution in [0.2, 0.25) is 0 Å². The Morgan fingerprint density at radius 3 is 1.49 bits per heavy atom. The van der Waals surface area contributed by atoms with Gasteiger partial charge in [-0.15, -0.1) is 0 Å². The van der Waals surface area contributed by atoms with Crippen molar-refractivity contribution in [1.82, 2.24) is 0 Å². The lowest BCUT2D eigenvalue weighted by atomic mass is 9.78. The molecule has 17 rings (SSSR count). The lowest BCUT2D eigenvalue weighted by Crippen LogP contribution is -2.26. The number of hydrogen-bond acceptors (Lipinski definition) is 1. The van der Waals surface area contributed by atoms with Gasteiger partial charge in [0.2, 0.25) is 0 Å². The van der Waals surface area contributed by atoms with E-state index in [1.54, 1.807) is 0 Å². The molecule has 0 saturated carbocycles. The molecule has 0 radical (unpaired) electrons. The van der Waals surface area contributed by atoms with E-state index in [4.69, 9.17) is 4.42 Å². The highest BCUT2D eigenvalue weighted by Gasteiger charge is 2.46. The molecule has 0 atom stereocenters. The Bertz CT molecular complexity index is 4810. The van der Waals surface area contributed by atoms with Crippen LogP contribution in [0, 0.1) is 0 Å². The number of rotatable bonds is 2. The standard InChI is InChI=1S/C74H54O.C2H6/c1-72(2)60-38-57-62(73(3,4)64-34-52(48-19-11-13-21-50(48)69(57)64)43-25-24-42-31-45-26-23-40-15-7-9-17-46(40)68(45)54(42)32-43)36-55(60)56-37-63-58(39-61(56)72)70-51-22-14-12-20-49(51)53(35-65(70)74(63,5)6)44-28-29-66-59(33-44)71-47-18-10-8-16-41(47)27-30-67(71)75-66;1-2/h7,9,11-30,32-39H,8,10,31H2,1-6H3;1-2H3. The van der Waals surface area contributed by atoms with Crippen LogP contribution < -0.4 is 10.4 Å². The van der Waals surface area contributed by atoms with E-state index in [-0.39, 0.29) is 16.2 Å². The van der Waals surface area contributed by atoms with Crippen LogP contribution in [0.25, 0.3) is 133 Å². The van der Waals surface area contributed by atoms with Crippen LogP contribution >= 0.6 is 0 Å². The van der Waals surface area contributed by atoms with Crippen molar-refractivity contribution in [3.05, 3.63) is 225 Å². The van der Waals surface area contributed by atoms with Crippen molar-refractivity contribution in [3.8, 4) is 66.8 Å². The molecule has 370 valence electrons. The summed E-state index contributed by atoms with van der Waals surface area (Å²) in [4.78, 5) is 0. The Kier molecular flexibility index (Phi) is 9.03. The average Bonchev–Trinajstić information content (AvgIpc) is 4.36. The molecule has 11 aromatic carbocycles. The number of fused-ring (bicyclic) bond motifs is 23. The zero-order valence-electron chi connectivity index (χ0n) is 45.4. The van der Waals surface area contributed by atoms with Crippen LogP contribution in [-0.2, 0) is 22.7 Å². The minimum absolute atomic E-state index is 0.206. The van der Waals surface area contributed by atoms with E-state index in [0.717, 1.165) is 30.4 Å². The maximum atomic E-state index is 6.51. The van der Waals surface area contributed by atoms with Gasteiger partial charge in [0.15, 0.2) is 0 Å². The summed E-state index contributed by atoms with van der Waals surface area (Å²) >= 11 is 0. The second kappa shape index (κ2) is 15.5. The summed E-state index contributed by atoms with van der Waals surface area (Å²) < 4.78 is 6.51. The van der Waals surface area contributed by atoms with Crippen LogP contribution in [0.3, 0.4) is 0 Å². The molecule has 0 amide bonds. The topological polar surface area (TPSA) is 13.1 Å². The molecule has 1 aromatic heterocycles. The molecule has 0 unspecified atom stereocenters. The Morgan fingerprint density at radius 2 is 0.844 bits per heavy atom. The fraction of sp³-hybridized carbons (Fsp3) is 0.184. The third-order valence-corrected chi connectivity index (χ3v) is 19.3. The summed E-state index contributed by atoms with van der Waals surface area (Å²) in [5.41, 5.74) is 28.9. The lowest BCUT2D eigenvalue weighted by Gasteiger charge is -2.25. The van der Waals surface area contributed by atoms with Crippen molar-refractivity contribution < 1.29 is 4.42 Å². The molecule has 1 heterocycles. The van der Waals surface area contributed by atoms with Crippen LogP contribution in [0.1, 0.15) is 113 Å². The normalized spacial score (nSPS) is 15.9. The van der Waals surface area contributed by atoms with Gasteiger partial charge in [0.05, 0.1) is 0 Å². The van der Waals surface area contributed by atoms with Gasteiger partial charge in [0.25, 0.3) is 0 Å². The maximum Gasteiger partial charge on any atom is 0.136 e. The van der Waals surface area contributed by atoms with Gasteiger partial charge in [-0.1, -0.05) is 177 Å². The maximum absolute atomic E-state index is 6.51. The SMILES string of the molecule is CC.CC1(C)c2cc3c(cc2-c2cc4c(cc21)-c1c(cc(-c2ccc5oc6ccc7c(c6c5c2)=CCCC=7)c2ccccc12)C4(C)C)C(C)(C)c1cc(-c2ccc4c(c2)-c2c(ccc5ccccc25)C4)c2ccccc2c1-3. The van der Waals surface area contributed by atoms with Gasteiger partial charge in [0, 0.05) is 27.0 Å². The Morgan fingerprint density at radius 1 is 0.351 bits per heavy atom. The first-order chi connectivity index (χ1) is 37.4. The molecule has 5 aliphatic carbocycles. The Balaban J connectivity index is 0.00000246. The lowest BCUT2D eigenvalue weighted by molar-refractivity contribution is 0.649. The van der Waals surface area contributed by atoms with Gasteiger partial charge in [-0.25, -0.2) is 0 Å². The molecule has 77 heavy (non-hydrogen) atoms. The van der Waals surface area contributed by atoms with E-state index in [0.29, 0.717) is 0 Å². The Labute approximate surface area is 450 Å². The molecule has 1 heteroatoms. The van der Waals surface area contributed by atoms with Crippen LogP contribution in [0.15, 0.2) is 174 Å². The van der Waals surface area contributed by atoms with Gasteiger partial charge >= 0.3 is 0 Å². The van der Waals surface area contributed by atoms with Crippen molar-refractivity contribution in [2.45, 2.75) is 90.9 Å². The summed E-state index contributed by atoms with van der Waals surface area (Å²) in [6.45, 7) is 18.8. The summed E-state index contributed by atoms with van der Waals surface area (Å²) in [5.74, 6) is 0. The molecular weight excluding hydrogens is 929 g/mol. The van der Waals surface area contributed by atoms with Crippen LogP contribution in [0.4, 0.5) is 0 Å². The number of furan rings is 1. The fourth-order valence-corrected chi connectivity index (χ4v) is 15.4. The van der Waals surface area contributed by atoms with E-state index in [9.17, 15) is 0 Å². The zero-order chi connectivity index (χ0) is 52.0. The predicted octanol–water partition coefficient (Wildman–Crippen LogP) is 19.3. The molecular formula is C76H60O. The van der Waals surface area contributed by atoms with E-state index in [1.807, 2.05) is 13.8 Å². The molecule has 0 N–H and O–H groups in total. The summed E-state index contributed by atoms with van der Waals surface area (Å²) in [7, 11) is 0. The predicted molar refractivity (Wildman–Crippen MR) is 327 cm³/mol. The van der Waals surface area contributed by atoms with Crippen molar-refractivity contribution in [3.63, 3.8) is 0 Å². The first kappa shape index (κ1) is 45.0. The van der Waals surface area contributed by atoms with Gasteiger partial charge < -0.3 is 4.42 Å². The molecule has 0 spiro atoms. The second-order valence-electron chi connectivity index (χ2n) is 24.2. The minimum Gasteiger partial charge on any atom is -0.456 e. The van der Waals surface area contributed by atoms with E-state index < -0.39 is 0 Å². The van der Waals surface area contributed by atoms with E-state index in [2.05, 4.69) is 224 Å². The van der Waals surface area contributed by atoms with Crippen molar-refractivity contribution in [1.29, 1.82) is 0 Å². The fourth-order valence-electron chi connectivity index (χ4n) is 15.4. The van der Waals surface area contributed by atoms with Gasteiger partial charge in [-0.2, -0.15) is 0 Å². The van der Waals surface area contributed by atoms with Crippen LogP contribution in [-0.4, -0.2) is 0 Å². The van der Waals surface area contributed by atoms with Gasteiger partial charge in [-0.05, 0) is 234 Å². The molecule has 1 nitrogen and oxygen atoms in total. The highest BCUT2D eigenvalue weighted by molar-refractivity contribution is 6.14. The minimum atomic E-state index is -0.226. The summed E-state index contributed by atoms with van der Waals surface area (Å²) in [6.07, 6.45) is 7.92. The third kappa shape index (κ3) is 5.85. The summed E-state index contributed by atoms with van der Waals surface area (Å²) in [6, 6.07) is 66.0. The van der Waals surface area contributed by atoms with Crippen molar-refractivity contribution in [2.24, 2.45) is 0 Å². The Hall–Kier alpha value is -8.26. The molecule has 0 fully saturated rings. The monoisotopic (exact) mass is 988 g/mol. The van der Waals surface area contributed by atoms with E-state index >= 15 is 0 Å². The first-order valence-corrected chi connectivity index (χ1v) is 28.3. The molecule has 5 aliphatic rings. The van der Waals surface area contributed by atoms with Gasteiger partial charge in [-0.3, -0.25) is 0 Å². The quantitative estimate of drug-likeness (QED) is 0.168. The molecule has 0 bridgehead atoms. The first-order valence-electron chi connectivity index (χ1n) is 28.3. The van der Waals surface area contributed by atoms with Crippen molar-refractivity contribution >= 4 is 66.4 Å². The molecule has 0 aliphatic heterocycles. The zero-order valence-corrected chi connectivity index (χ0v) is 45.4. The van der Waals surface area contributed by atoms with Crippen LogP contribution in [0.5, 0.6) is 0 Å². The summed E-state index contributed by atoms with van der Waals surface area (Å²) in [5, 5.41) is 13.0. The van der Waals surface area contributed by atoms with E-state index in [1.165, 1.54) is 165 Å². The number of benzene rings is 11. The van der Waals surface area contributed by atoms with Crippen molar-refractivity contribution in [2.75, 3.05) is 0 Å². The smallest absolute Gasteiger partial charge is 0.136 e. The van der Waals surface area contributed by atoms with Gasteiger partial charge in [0.1, 0.15) is 11.2 Å². The largest absolute Gasteiger partial charge is 0.456 e.